The Labute approximate surface area is 133 Å². The Hall–Kier alpha value is -2.69. The molecule has 0 saturated carbocycles. The summed E-state index contributed by atoms with van der Waals surface area (Å²) in [5.41, 5.74) is 2.08. The average molecular weight is 311 g/mol. The van der Waals surface area contributed by atoms with Crippen LogP contribution in [0.3, 0.4) is 0 Å². The van der Waals surface area contributed by atoms with Crippen molar-refractivity contribution in [3.05, 3.63) is 65.7 Å². The van der Waals surface area contributed by atoms with E-state index in [2.05, 4.69) is 15.3 Å². The number of hydrogen-bond acceptors (Lipinski definition) is 2. The predicted octanol–water partition coefficient (Wildman–Crippen LogP) is 3.83. The maximum absolute atomic E-state index is 13.3. The molecule has 0 aliphatic carbocycles. The van der Waals surface area contributed by atoms with Crippen LogP contribution in [0, 0.1) is 11.7 Å². The van der Waals surface area contributed by atoms with Gasteiger partial charge in [-0.25, -0.2) is 9.37 Å². The van der Waals surface area contributed by atoms with Gasteiger partial charge in [0.2, 0.25) is 0 Å². The average Bonchev–Trinajstić information content (AvgIpc) is 2.95. The van der Waals surface area contributed by atoms with Crippen LogP contribution in [0.4, 0.5) is 4.39 Å². The number of hydrogen-bond donors (Lipinski definition) is 2. The van der Waals surface area contributed by atoms with Crippen molar-refractivity contribution in [3.8, 4) is 0 Å². The number of carbonyl (C=O) groups excluding carboxylic acids is 1. The molecule has 0 saturated heterocycles. The maximum Gasteiger partial charge on any atom is 0.251 e. The molecule has 0 aliphatic heterocycles. The molecule has 5 heteroatoms. The van der Waals surface area contributed by atoms with Gasteiger partial charge in [-0.3, -0.25) is 4.79 Å². The molecule has 2 N–H and O–H groups in total. The van der Waals surface area contributed by atoms with Crippen LogP contribution >= 0.6 is 0 Å². The van der Waals surface area contributed by atoms with Gasteiger partial charge in [-0.1, -0.05) is 32.0 Å². The fraction of sp³-hybridized carbons (Fsp3) is 0.222. The number of imidazole rings is 1. The summed E-state index contributed by atoms with van der Waals surface area (Å²) in [5.74, 6) is 0.0881. The Morgan fingerprint density at radius 3 is 2.65 bits per heavy atom. The highest BCUT2D eigenvalue weighted by Gasteiger charge is 2.22. The van der Waals surface area contributed by atoms with Gasteiger partial charge in [0.1, 0.15) is 11.6 Å². The summed E-state index contributed by atoms with van der Waals surface area (Å²) in [7, 11) is 0. The number of para-hydroxylation sites is 2. The van der Waals surface area contributed by atoms with E-state index in [0.29, 0.717) is 11.4 Å². The number of nitrogens with zero attached hydrogens (tertiary/aromatic N) is 1. The second-order valence-corrected chi connectivity index (χ2v) is 5.84. The van der Waals surface area contributed by atoms with E-state index in [-0.39, 0.29) is 17.9 Å². The minimum absolute atomic E-state index is 0.132. The van der Waals surface area contributed by atoms with Crippen molar-refractivity contribution in [2.24, 2.45) is 5.92 Å². The molecule has 2 aromatic carbocycles. The Balaban J connectivity index is 1.88. The first-order valence-electron chi connectivity index (χ1n) is 7.55. The summed E-state index contributed by atoms with van der Waals surface area (Å²) in [4.78, 5) is 20.2. The first kappa shape index (κ1) is 15.2. The zero-order valence-electron chi connectivity index (χ0n) is 13.0. The van der Waals surface area contributed by atoms with E-state index < -0.39 is 5.82 Å². The van der Waals surface area contributed by atoms with Gasteiger partial charge in [-0.2, -0.15) is 0 Å². The summed E-state index contributed by atoms with van der Waals surface area (Å²) in [6, 6.07) is 13.1. The van der Waals surface area contributed by atoms with E-state index in [1.165, 1.54) is 18.2 Å². The number of aromatic nitrogens is 2. The lowest BCUT2D eigenvalue weighted by Gasteiger charge is -2.20. The highest BCUT2D eigenvalue weighted by molar-refractivity contribution is 5.94. The first-order chi connectivity index (χ1) is 11.0. The van der Waals surface area contributed by atoms with Crippen LogP contribution in [0.15, 0.2) is 48.5 Å². The fourth-order valence-electron chi connectivity index (χ4n) is 2.52. The van der Waals surface area contributed by atoms with Gasteiger partial charge >= 0.3 is 0 Å². The van der Waals surface area contributed by atoms with Crippen LogP contribution in [0.25, 0.3) is 11.0 Å². The van der Waals surface area contributed by atoms with Crippen molar-refractivity contribution < 1.29 is 9.18 Å². The minimum atomic E-state index is -0.428. The van der Waals surface area contributed by atoms with E-state index >= 15 is 0 Å². The predicted molar refractivity (Wildman–Crippen MR) is 87.5 cm³/mol. The molecule has 1 heterocycles. The van der Waals surface area contributed by atoms with E-state index in [4.69, 9.17) is 0 Å². The lowest BCUT2D eigenvalue weighted by atomic mass is 10.0. The van der Waals surface area contributed by atoms with Crippen LogP contribution < -0.4 is 5.32 Å². The highest BCUT2D eigenvalue weighted by Crippen LogP contribution is 2.22. The third-order valence-corrected chi connectivity index (χ3v) is 3.74. The molecule has 0 radical (unpaired) electrons. The molecule has 0 bridgehead atoms. The molecule has 1 aromatic heterocycles. The van der Waals surface area contributed by atoms with E-state index in [1.54, 1.807) is 6.07 Å². The smallest absolute Gasteiger partial charge is 0.251 e. The lowest BCUT2D eigenvalue weighted by molar-refractivity contribution is 0.0923. The Bertz CT molecular complexity index is 808. The second kappa shape index (κ2) is 6.20. The highest BCUT2D eigenvalue weighted by atomic mass is 19.1. The number of fused-ring (bicyclic) bond motifs is 1. The number of halogens is 1. The van der Waals surface area contributed by atoms with Gasteiger partial charge in [0.05, 0.1) is 17.1 Å². The Kier molecular flexibility index (Phi) is 4.10. The second-order valence-electron chi connectivity index (χ2n) is 5.84. The number of benzene rings is 2. The van der Waals surface area contributed by atoms with Gasteiger partial charge in [0.15, 0.2) is 0 Å². The SMILES string of the molecule is CC(C)[C@@H](NC(=O)c1cccc(F)c1)c1nc2ccccc2[nH]1. The molecule has 0 spiro atoms. The zero-order valence-corrected chi connectivity index (χ0v) is 13.0. The number of aromatic amines is 1. The molecule has 23 heavy (non-hydrogen) atoms. The van der Waals surface area contributed by atoms with E-state index in [9.17, 15) is 9.18 Å². The van der Waals surface area contributed by atoms with Crippen molar-refractivity contribution in [1.82, 2.24) is 15.3 Å². The van der Waals surface area contributed by atoms with Crippen molar-refractivity contribution in [2.75, 3.05) is 0 Å². The molecular weight excluding hydrogens is 293 g/mol. The largest absolute Gasteiger partial charge is 0.342 e. The molecule has 4 nitrogen and oxygen atoms in total. The molecule has 3 rings (SSSR count). The standard InChI is InChI=1S/C18H18FN3O/c1-11(2)16(17-20-14-8-3-4-9-15(14)21-17)22-18(23)12-6-5-7-13(19)10-12/h3-11,16H,1-2H3,(H,20,21)(H,22,23)/t16-/m1/s1. The van der Waals surface area contributed by atoms with Crippen LogP contribution in [0.5, 0.6) is 0 Å². The van der Waals surface area contributed by atoms with E-state index in [0.717, 1.165) is 11.0 Å². The van der Waals surface area contributed by atoms with Crippen molar-refractivity contribution in [1.29, 1.82) is 0 Å². The van der Waals surface area contributed by atoms with Crippen molar-refractivity contribution in [3.63, 3.8) is 0 Å². The number of rotatable bonds is 4. The topological polar surface area (TPSA) is 57.8 Å². The van der Waals surface area contributed by atoms with Gasteiger partial charge in [-0.05, 0) is 36.2 Å². The maximum atomic E-state index is 13.3. The minimum Gasteiger partial charge on any atom is -0.342 e. The van der Waals surface area contributed by atoms with Gasteiger partial charge in [0.25, 0.3) is 5.91 Å². The number of nitrogens with one attached hydrogen (secondary N) is 2. The van der Waals surface area contributed by atoms with Crippen molar-refractivity contribution >= 4 is 16.9 Å². The summed E-state index contributed by atoms with van der Waals surface area (Å²) >= 11 is 0. The molecule has 0 aliphatic rings. The third kappa shape index (κ3) is 3.23. The quantitative estimate of drug-likeness (QED) is 0.769. The molecular formula is C18H18FN3O. The molecule has 118 valence electrons. The zero-order chi connectivity index (χ0) is 16.4. The Morgan fingerprint density at radius 2 is 1.96 bits per heavy atom. The van der Waals surface area contributed by atoms with Gasteiger partial charge in [0, 0.05) is 5.56 Å². The Morgan fingerprint density at radius 1 is 1.17 bits per heavy atom. The number of H-pyrrole nitrogens is 1. The van der Waals surface area contributed by atoms with Gasteiger partial charge in [-0.15, -0.1) is 0 Å². The summed E-state index contributed by atoms with van der Waals surface area (Å²) in [6.45, 7) is 4.01. The lowest BCUT2D eigenvalue weighted by Crippen LogP contribution is -2.32. The fourth-order valence-corrected chi connectivity index (χ4v) is 2.52. The number of carbonyl (C=O) groups is 1. The van der Waals surface area contributed by atoms with Crippen LogP contribution in [0.2, 0.25) is 0 Å². The monoisotopic (exact) mass is 311 g/mol. The van der Waals surface area contributed by atoms with Crippen LogP contribution in [0.1, 0.15) is 36.1 Å². The molecule has 0 unspecified atom stereocenters. The summed E-state index contributed by atoms with van der Waals surface area (Å²) in [6.07, 6.45) is 0. The van der Waals surface area contributed by atoms with Gasteiger partial charge < -0.3 is 10.3 Å². The third-order valence-electron chi connectivity index (χ3n) is 3.74. The summed E-state index contributed by atoms with van der Waals surface area (Å²) in [5, 5.41) is 2.94. The molecule has 3 aromatic rings. The summed E-state index contributed by atoms with van der Waals surface area (Å²) < 4.78 is 13.3. The molecule has 1 amide bonds. The molecule has 0 fully saturated rings. The normalized spacial score (nSPS) is 12.5. The van der Waals surface area contributed by atoms with Crippen LogP contribution in [-0.2, 0) is 0 Å². The molecule has 1 atom stereocenters. The first-order valence-corrected chi connectivity index (χ1v) is 7.55. The van der Waals surface area contributed by atoms with Crippen LogP contribution in [-0.4, -0.2) is 15.9 Å². The van der Waals surface area contributed by atoms with Crippen molar-refractivity contribution in [2.45, 2.75) is 19.9 Å². The van der Waals surface area contributed by atoms with E-state index in [1.807, 2.05) is 38.1 Å². The number of amides is 1.